The van der Waals surface area contributed by atoms with Gasteiger partial charge >= 0.3 is 0 Å². The molecule has 0 unspecified atom stereocenters. The van der Waals surface area contributed by atoms with Crippen LogP contribution < -0.4 is 16.0 Å². The SMILES string of the molecule is NC1CCC(Cn2ncc3cnc(Nc4ccc(N5CCS(=O)(=O)CC5)cc4)nc32)CC1. The van der Waals surface area contributed by atoms with Gasteiger partial charge in [-0.05, 0) is 55.9 Å². The molecule has 3 heterocycles. The van der Waals surface area contributed by atoms with Gasteiger partial charge in [-0.25, -0.2) is 18.1 Å². The summed E-state index contributed by atoms with van der Waals surface area (Å²) < 4.78 is 25.3. The number of nitrogens with two attached hydrogens (primary N) is 1. The smallest absolute Gasteiger partial charge is 0.229 e. The maximum atomic E-state index is 11.6. The van der Waals surface area contributed by atoms with Crippen molar-refractivity contribution in [1.29, 1.82) is 0 Å². The Bertz CT molecular complexity index is 1170. The first-order valence-electron chi connectivity index (χ1n) is 11.2. The molecule has 2 fully saturated rings. The van der Waals surface area contributed by atoms with Crippen molar-refractivity contribution in [3.63, 3.8) is 0 Å². The fraction of sp³-hybridized carbons (Fsp3) is 0.500. The van der Waals surface area contributed by atoms with Crippen LogP contribution in [0.5, 0.6) is 0 Å². The summed E-state index contributed by atoms with van der Waals surface area (Å²) in [5.74, 6) is 1.54. The van der Waals surface area contributed by atoms with Crippen LogP contribution in [0.3, 0.4) is 0 Å². The second kappa shape index (κ2) is 8.67. The zero-order valence-corrected chi connectivity index (χ0v) is 18.8. The molecule has 3 N–H and O–H groups in total. The lowest BCUT2D eigenvalue weighted by Gasteiger charge is -2.28. The molecule has 5 rings (SSSR count). The van der Waals surface area contributed by atoms with E-state index < -0.39 is 9.84 Å². The molecule has 2 aromatic heterocycles. The Morgan fingerprint density at radius 1 is 1.03 bits per heavy atom. The summed E-state index contributed by atoms with van der Waals surface area (Å²) in [6.45, 7) is 1.92. The maximum Gasteiger partial charge on any atom is 0.229 e. The average Bonchev–Trinajstić information content (AvgIpc) is 3.18. The maximum absolute atomic E-state index is 11.6. The van der Waals surface area contributed by atoms with Crippen LogP contribution in [0.25, 0.3) is 11.0 Å². The summed E-state index contributed by atoms with van der Waals surface area (Å²) in [7, 11) is -2.88. The standard InChI is InChI=1S/C22H29N7O2S/c23-18-3-1-16(2-4-18)15-29-21-17(14-25-29)13-24-22(27-21)26-19-5-7-20(8-6-19)28-9-11-32(30,31)12-10-28/h5-8,13-14,16,18H,1-4,9-12,15,23H2,(H,24,26,27). The van der Waals surface area contributed by atoms with Gasteiger partial charge in [0, 0.05) is 43.2 Å². The molecule has 3 aromatic rings. The van der Waals surface area contributed by atoms with E-state index in [0.717, 1.165) is 54.6 Å². The highest BCUT2D eigenvalue weighted by Gasteiger charge is 2.22. The molecule has 0 amide bonds. The van der Waals surface area contributed by atoms with Gasteiger partial charge in [0.05, 0.1) is 23.1 Å². The van der Waals surface area contributed by atoms with Crippen LogP contribution in [0, 0.1) is 5.92 Å². The van der Waals surface area contributed by atoms with E-state index in [-0.39, 0.29) is 11.5 Å². The molecule has 10 heteroatoms. The Morgan fingerprint density at radius 2 is 1.75 bits per heavy atom. The summed E-state index contributed by atoms with van der Waals surface area (Å²) in [5, 5.41) is 8.74. The van der Waals surface area contributed by atoms with Crippen molar-refractivity contribution in [2.45, 2.75) is 38.3 Å². The third-order valence-electron chi connectivity index (χ3n) is 6.53. The van der Waals surface area contributed by atoms with Crippen LogP contribution in [0.4, 0.5) is 17.3 Å². The number of rotatable bonds is 5. The number of hydrogen-bond acceptors (Lipinski definition) is 8. The Balaban J connectivity index is 1.27. The topological polar surface area (TPSA) is 119 Å². The predicted octanol–water partition coefficient (Wildman–Crippen LogP) is 2.32. The molecule has 0 bridgehead atoms. The van der Waals surface area contributed by atoms with Gasteiger partial charge in [-0.1, -0.05) is 0 Å². The van der Waals surface area contributed by atoms with Gasteiger partial charge in [0.25, 0.3) is 0 Å². The molecule has 32 heavy (non-hydrogen) atoms. The van der Waals surface area contributed by atoms with E-state index in [0.29, 0.717) is 31.0 Å². The number of aromatic nitrogens is 4. The van der Waals surface area contributed by atoms with Crippen molar-refractivity contribution in [2.75, 3.05) is 34.8 Å². The number of fused-ring (bicyclic) bond motifs is 1. The number of nitrogens with zero attached hydrogens (tertiary/aromatic N) is 5. The lowest BCUT2D eigenvalue weighted by Crippen LogP contribution is -2.40. The van der Waals surface area contributed by atoms with Crippen LogP contribution in [0.1, 0.15) is 25.7 Å². The van der Waals surface area contributed by atoms with E-state index in [1.165, 1.54) is 0 Å². The number of hydrogen-bond donors (Lipinski definition) is 2. The average molecular weight is 456 g/mol. The van der Waals surface area contributed by atoms with Crippen LogP contribution in [0.15, 0.2) is 36.7 Å². The molecule has 1 saturated heterocycles. The second-order valence-electron chi connectivity index (χ2n) is 8.89. The molecule has 1 aliphatic heterocycles. The fourth-order valence-electron chi connectivity index (χ4n) is 4.53. The summed E-state index contributed by atoms with van der Waals surface area (Å²) >= 11 is 0. The molecule has 1 saturated carbocycles. The first kappa shape index (κ1) is 21.1. The van der Waals surface area contributed by atoms with E-state index in [2.05, 4.69) is 20.3 Å². The highest BCUT2D eigenvalue weighted by molar-refractivity contribution is 7.91. The summed E-state index contributed by atoms with van der Waals surface area (Å²) in [6, 6.07) is 8.27. The molecule has 2 aliphatic rings. The van der Waals surface area contributed by atoms with Gasteiger partial charge in [0.2, 0.25) is 5.95 Å². The molecule has 0 radical (unpaired) electrons. The van der Waals surface area contributed by atoms with Crippen molar-refractivity contribution in [2.24, 2.45) is 11.7 Å². The van der Waals surface area contributed by atoms with E-state index in [1.807, 2.05) is 35.1 Å². The van der Waals surface area contributed by atoms with Crippen molar-refractivity contribution >= 4 is 38.2 Å². The first-order chi connectivity index (χ1) is 15.4. The minimum atomic E-state index is -2.88. The van der Waals surface area contributed by atoms with Crippen LogP contribution in [0.2, 0.25) is 0 Å². The second-order valence-corrected chi connectivity index (χ2v) is 11.2. The molecule has 170 valence electrons. The highest BCUT2D eigenvalue weighted by Crippen LogP contribution is 2.26. The van der Waals surface area contributed by atoms with Crippen LogP contribution in [-0.2, 0) is 16.4 Å². The van der Waals surface area contributed by atoms with Gasteiger partial charge in [0.15, 0.2) is 15.5 Å². The Labute approximate surface area is 187 Å². The summed E-state index contributed by atoms with van der Waals surface area (Å²) in [4.78, 5) is 11.2. The predicted molar refractivity (Wildman–Crippen MR) is 126 cm³/mol. The van der Waals surface area contributed by atoms with Gasteiger partial charge < -0.3 is 16.0 Å². The first-order valence-corrected chi connectivity index (χ1v) is 13.0. The van der Waals surface area contributed by atoms with Gasteiger partial charge in [-0.3, -0.25) is 0 Å². The fourth-order valence-corrected chi connectivity index (χ4v) is 5.73. The van der Waals surface area contributed by atoms with Gasteiger partial charge in [-0.15, -0.1) is 0 Å². The van der Waals surface area contributed by atoms with Gasteiger partial charge in [0.1, 0.15) is 0 Å². The summed E-state index contributed by atoms with van der Waals surface area (Å²) in [6.07, 6.45) is 8.04. The van der Waals surface area contributed by atoms with E-state index in [4.69, 9.17) is 10.7 Å². The lowest BCUT2D eigenvalue weighted by atomic mass is 9.86. The van der Waals surface area contributed by atoms with Crippen molar-refractivity contribution in [1.82, 2.24) is 19.7 Å². The monoisotopic (exact) mass is 455 g/mol. The van der Waals surface area contributed by atoms with E-state index >= 15 is 0 Å². The van der Waals surface area contributed by atoms with Crippen LogP contribution >= 0.6 is 0 Å². The number of nitrogens with one attached hydrogen (secondary N) is 1. The molecular formula is C22H29N7O2S. The third-order valence-corrected chi connectivity index (χ3v) is 8.14. The Hall–Kier alpha value is -2.72. The Kier molecular flexibility index (Phi) is 5.73. The van der Waals surface area contributed by atoms with Crippen molar-refractivity contribution in [3.8, 4) is 0 Å². The minimum absolute atomic E-state index is 0.211. The minimum Gasteiger partial charge on any atom is -0.369 e. The molecular weight excluding hydrogens is 426 g/mol. The number of benzene rings is 1. The normalized spacial score (nSPS) is 23.3. The zero-order chi connectivity index (χ0) is 22.1. The Morgan fingerprint density at radius 3 is 2.47 bits per heavy atom. The molecule has 0 atom stereocenters. The highest BCUT2D eigenvalue weighted by atomic mass is 32.2. The molecule has 1 aliphatic carbocycles. The zero-order valence-electron chi connectivity index (χ0n) is 18.0. The quantitative estimate of drug-likeness (QED) is 0.602. The lowest BCUT2D eigenvalue weighted by molar-refractivity contribution is 0.288. The number of sulfone groups is 1. The van der Waals surface area contributed by atoms with E-state index in [9.17, 15) is 8.42 Å². The third kappa shape index (κ3) is 4.71. The number of anilines is 3. The van der Waals surface area contributed by atoms with Gasteiger partial charge in [-0.2, -0.15) is 10.1 Å². The molecule has 9 nitrogen and oxygen atoms in total. The van der Waals surface area contributed by atoms with Crippen LogP contribution in [-0.4, -0.2) is 58.8 Å². The molecule has 1 aromatic carbocycles. The van der Waals surface area contributed by atoms with Crippen molar-refractivity contribution < 1.29 is 8.42 Å². The summed E-state index contributed by atoms with van der Waals surface area (Å²) in [5.41, 5.74) is 8.78. The largest absolute Gasteiger partial charge is 0.369 e. The molecule has 0 spiro atoms. The van der Waals surface area contributed by atoms with E-state index in [1.54, 1.807) is 6.20 Å². The van der Waals surface area contributed by atoms with Crippen molar-refractivity contribution in [3.05, 3.63) is 36.7 Å².